The van der Waals surface area contributed by atoms with Crippen molar-refractivity contribution in [3.63, 3.8) is 0 Å². The highest BCUT2D eigenvalue weighted by Crippen LogP contribution is 2.32. The Kier molecular flexibility index (Phi) is 3.85. The molecule has 2 amide bonds. The summed E-state index contributed by atoms with van der Waals surface area (Å²) in [6.45, 7) is 6.05. The Bertz CT molecular complexity index is 377. The first-order valence-corrected chi connectivity index (χ1v) is 7.18. The summed E-state index contributed by atoms with van der Waals surface area (Å²) in [6, 6.07) is 0. The van der Waals surface area contributed by atoms with E-state index in [0.29, 0.717) is 13.1 Å². The number of nitrogens with zero attached hydrogens (tertiary/aromatic N) is 1. The van der Waals surface area contributed by atoms with Crippen LogP contribution in [0, 0.1) is 5.41 Å². The zero-order valence-corrected chi connectivity index (χ0v) is 12.2. The fourth-order valence-electron chi connectivity index (χ4n) is 3.21. The molecule has 2 rings (SSSR count). The first kappa shape index (κ1) is 14.3. The summed E-state index contributed by atoms with van der Waals surface area (Å²) in [5.74, 6) is 0.185. The summed E-state index contributed by atoms with van der Waals surface area (Å²) in [4.78, 5) is 26.4. The van der Waals surface area contributed by atoms with Crippen LogP contribution in [0.15, 0.2) is 0 Å². The molecule has 2 heterocycles. The summed E-state index contributed by atoms with van der Waals surface area (Å²) in [5.41, 5.74) is -0.873. The van der Waals surface area contributed by atoms with E-state index >= 15 is 0 Å². The van der Waals surface area contributed by atoms with Crippen LogP contribution in [0.5, 0.6) is 0 Å². The minimum absolute atomic E-state index is 0.0320. The average Bonchev–Trinajstić information content (AvgIpc) is 2.81. The summed E-state index contributed by atoms with van der Waals surface area (Å²) in [5, 5.41) is 6.05. The molecule has 2 N–H and O–H groups in total. The number of carbonyl (C=O) groups excluding carboxylic acids is 2. The molecule has 0 aliphatic carbocycles. The first-order valence-electron chi connectivity index (χ1n) is 7.18. The minimum atomic E-state index is -0.438. The van der Waals surface area contributed by atoms with E-state index < -0.39 is 11.0 Å². The molecule has 0 radical (unpaired) electrons. The van der Waals surface area contributed by atoms with Gasteiger partial charge in [0.1, 0.15) is 0 Å². The predicted octanol–water partition coefficient (Wildman–Crippen LogP) is 0.503. The zero-order chi connectivity index (χ0) is 14.1. The van der Waals surface area contributed by atoms with E-state index in [0.717, 1.165) is 32.2 Å². The normalized spacial score (nSPS) is 35.2. The van der Waals surface area contributed by atoms with Crippen molar-refractivity contribution in [1.82, 2.24) is 15.5 Å². The highest BCUT2D eigenvalue weighted by molar-refractivity contribution is 5.89. The van der Waals surface area contributed by atoms with Gasteiger partial charge in [-0.3, -0.25) is 9.59 Å². The van der Waals surface area contributed by atoms with Gasteiger partial charge in [-0.05, 0) is 46.1 Å². The Morgan fingerprint density at radius 1 is 1.21 bits per heavy atom. The van der Waals surface area contributed by atoms with Crippen LogP contribution in [-0.2, 0) is 9.59 Å². The number of hydrogen-bond donors (Lipinski definition) is 2. The summed E-state index contributed by atoms with van der Waals surface area (Å²) >= 11 is 0. The second kappa shape index (κ2) is 5.12. The average molecular weight is 267 g/mol. The van der Waals surface area contributed by atoms with E-state index in [1.165, 1.54) is 0 Å². The molecule has 0 aromatic heterocycles. The quantitative estimate of drug-likeness (QED) is 0.766. The number of carbonyl (C=O) groups is 2. The van der Waals surface area contributed by atoms with Crippen LogP contribution in [-0.4, -0.2) is 48.9 Å². The van der Waals surface area contributed by atoms with E-state index in [1.807, 2.05) is 18.7 Å². The van der Waals surface area contributed by atoms with Crippen molar-refractivity contribution < 1.29 is 9.59 Å². The predicted molar refractivity (Wildman–Crippen MR) is 73.6 cm³/mol. The van der Waals surface area contributed by atoms with Gasteiger partial charge in [0.15, 0.2) is 0 Å². The van der Waals surface area contributed by atoms with Gasteiger partial charge in [-0.1, -0.05) is 0 Å². The molecule has 0 aromatic rings. The molecule has 0 saturated carbocycles. The van der Waals surface area contributed by atoms with Gasteiger partial charge in [-0.15, -0.1) is 0 Å². The van der Waals surface area contributed by atoms with Crippen molar-refractivity contribution in [2.45, 2.75) is 45.1 Å². The van der Waals surface area contributed by atoms with Crippen LogP contribution in [0.1, 0.15) is 39.5 Å². The van der Waals surface area contributed by atoms with Gasteiger partial charge in [0.25, 0.3) is 0 Å². The van der Waals surface area contributed by atoms with E-state index in [1.54, 1.807) is 7.05 Å². The van der Waals surface area contributed by atoms with Gasteiger partial charge in [0, 0.05) is 20.1 Å². The highest BCUT2D eigenvalue weighted by atomic mass is 16.2. The maximum Gasteiger partial charge on any atom is 0.242 e. The Hall–Kier alpha value is -1.10. The van der Waals surface area contributed by atoms with E-state index in [2.05, 4.69) is 10.6 Å². The van der Waals surface area contributed by atoms with Gasteiger partial charge >= 0.3 is 0 Å². The van der Waals surface area contributed by atoms with Crippen LogP contribution in [0.25, 0.3) is 0 Å². The van der Waals surface area contributed by atoms with Crippen molar-refractivity contribution in [2.75, 3.05) is 26.7 Å². The minimum Gasteiger partial charge on any atom is -0.359 e. The highest BCUT2D eigenvalue weighted by Gasteiger charge is 2.46. The molecule has 0 bridgehead atoms. The van der Waals surface area contributed by atoms with Gasteiger partial charge in [0.2, 0.25) is 11.8 Å². The number of nitrogens with one attached hydrogen (secondary N) is 2. The molecule has 2 atom stereocenters. The lowest BCUT2D eigenvalue weighted by Gasteiger charge is -2.37. The Balaban J connectivity index is 2.04. The van der Waals surface area contributed by atoms with Crippen LogP contribution in [0.2, 0.25) is 0 Å². The molecule has 2 fully saturated rings. The van der Waals surface area contributed by atoms with Crippen molar-refractivity contribution in [3.05, 3.63) is 0 Å². The van der Waals surface area contributed by atoms with Crippen LogP contribution in [0.3, 0.4) is 0 Å². The molecule has 19 heavy (non-hydrogen) atoms. The molecule has 0 spiro atoms. The van der Waals surface area contributed by atoms with Gasteiger partial charge in [-0.2, -0.15) is 0 Å². The third kappa shape index (κ3) is 2.61. The summed E-state index contributed by atoms with van der Waals surface area (Å²) < 4.78 is 0. The lowest BCUT2D eigenvalue weighted by Crippen LogP contribution is -2.58. The summed E-state index contributed by atoms with van der Waals surface area (Å²) in [7, 11) is 1.65. The van der Waals surface area contributed by atoms with Crippen molar-refractivity contribution >= 4 is 11.8 Å². The molecule has 2 aliphatic heterocycles. The summed E-state index contributed by atoms with van der Waals surface area (Å²) in [6.07, 6.45) is 3.86. The van der Waals surface area contributed by atoms with Crippen LogP contribution >= 0.6 is 0 Å². The molecule has 5 nitrogen and oxygen atoms in total. The molecule has 5 heteroatoms. The number of rotatable bonds is 2. The Labute approximate surface area is 115 Å². The number of amides is 2. The van der Waals surface area contributed by atoms with Crippen molar-refractivity contribution in [2.24, 2.45) is 5.41 Å². The van der Waals surface area contributed by atoms with Crippen molar-refractivity contribution in [3.8, 4) is 0 Å². The SMILES string of the molecule is CNC(=O)C1(C)CCN(C(=O)C2(C)CCCCN2)C1. The monoisotopic (exact) mass is 267 g/mol. The molecular formula is C14H25N3O2. The fraction of sp³-hybridized carbons (Fsp3) is 0.857. The van der Waals surface area contributed by atoms with Gasteiger partial charge < -0.3 is 15.5 Å². The lowest BCUT2D eigenvalue weighted by atomic mass is 9.88. The van der Waals surface area contributed by atoms with Crippen LogP contribution < -0.4 is 10.6 Å². The number of hydrogen-bond acceptors (Lipinski definition) is 3. The molecule has 2 unspecified atom stereocenters. The largest absolute Gasteiger partial charge is 0.359 e. The van der Waals surface area contributed by atoms with E-state index in [9.17, 15) is 9.59 Å². The van der Waals surface area contributed by atoms with Gasteiger partial charge in [-0.25, -0.2) is 0 Å². The maximum absolute atomic E-state index is 12.7. The zero-order valence-electron chi connectivity index (χ0n) is 12.2. The lowest BCUT2D eigenvalue weighted by molar-refractivity contribution is -0.138. The second-order valence-corrected chi connectivity index (χ2v) is 6.33. The Morgan fingerprint density at radius 3 is 2.53 bits per heavy atom. The van der Waals surface area contributed by atoms with Gasteiger partial charge in [0.05, 0.1) is 11.0 Å². The second-order valence-electron chi connectivity index (χ2n) is 6.33. The molecule has 2 aliphatic rings. The fourth-order valence-corrected chi connectivity index (χ4v) is 3.21. The third-order valence-corrected chi connectivity index (χ3v) is 4.63. The van der Waals surface area contributed by atoms with Crippen LogP contribution in [0.4, 0.5) is 0 Å². The standard InChI is InChI=1S/C14H25N3O2/c1-13(11(18)15-3)7-9-17(10-13)12(19)14(2)6-4-5-8-16-14/h16H,4-10H2,1-3H3,(H,15,18). The maximum atomic E-state index is 12.7. The number of piperidine rings is 1. The van der Waals surface area contributed by atoms with Crippen molar-refractivity contribution in [1.29, 1.82) is 0 Å². The first-order chi connectivity index (χ1) is 8.91. The number of likely N-dealkylation sites (tertiary alicyclic amines) is 1. The molecule has 108 valence electrons. The Morgan fingerprint density at radius 2 is 1.95 bits per heavy atom. The third-order valence-electron chi connectivity index (χ3n) is 4.63. The molecule has 2 saturated heterocycles. The molecule has 0 aromatic carbocycles. The smallest absolute Gasteiger partial charge is 0.242 e. The van der Waals surface area contributed by atoms with E-state index in [-0.39, 0.29) is 11.8 Å². The molecular weight excluding hydrogens is 242 g/mol. The topological polar surface area (TPSA) is 61.4 Å². The van der Waals surface area contributed by atoms with E-state index in [4.69, 9.17) is 0 Å².